The molecule has 0 saturated heterocycles. The second-order valence-corrected chi connectivity index (χ2v) is 2.51. The summed E-state index contributed by atoms with van der Waals surface area (Å²) in [5.41, 5.74) is 0.421. The second kappa shape index (κ2) is 2.77. The number of Topliss-reactive ketones (excluding diaryl/α,β-unsaturated/α-hetero) is 1. The monoisotopic (exact) mass is 168 g/mol. The van der Waals surface area contributed by atoms with Crippen LogP contribution in [-0.2, 0) is 0 Å². The van der Waals surface area contributed by atoms with Crippen LogP contribution < -0.4 is 0 Å². The van der Waals surface area contributed by atoms with Crippen LogP contribution in [0.3, 0.4) is 0 Å². The van der Waals surface area contributed by atoms with Gasteiger partial charge in [-0.3, -0.25) is 14.9 Å². The maximum Gasteiger partial charge on any atom is 0.300 e. The molecule has 0 aliphatic heterocycles. The molecule has 0 aliphatic carbocycles. The standard InChI is InChI=1S/C7H8N2O3/c1-4-3-8-6(5(2)10)7(4)9(11)12/h3,8H,1-2H3. The lowest BCUT2D eigenvalue weighted by Crippen LogP contribution is -1.98. The number of H-pyrrole nitrogens is 1. The maximum absolute atomic E-state index is 10.8. The van der Waals surface area contributed by atoms with E-state index in [1.807, 2.05) is 0 Å². The van der Waals surface area contributed by atoms with E-state index in [-0.39, 0.29) is 17.2 Å². The third-order valence-corrected chi connectivity index (χ3v) is 1.58. The van der Waals surface area contributed by atoms with E-state index in [1.54, 1.807) is 6.92 Å². The zero-order chi connectivity index (χ0) is 9.30. The minimum absolute atomic E-state index is 0.0671. The quantitative estimate of drug-likeness (QED) is 0.412. The fraction of sp³-hybridized carbons (Fsp3) is 0.286. The van der Waals surface area contributed by atoms with Crippen LogP contribution >= 0.6 is 0 Å². The molecular formula is C7H8N2O3. The van der Waals surface area contributed by atoms with Gasteiger partial charge in [0.2, 0.25) is 0 Å². The fourth-order valence-corrected chi connectivity index (χ4v) is 1.02. The summed E-state index contributed by atoms with van der Waals surface area (Å²) in [6.07, 6.45) is 1.45. The van der Waals surface area contributed by atoms with Gasteiger partial charge >= 0.3 is 5.69 Å². The number of ketones is 1. The van der Waals surface area contributed by atoms with Crippen molar-refractivity contribution >= 4 is 11.5 Å². The SMILES string of the molecule is CC(=O)c1[nH]cc(C)c1[N+](=O)[O-]. The first kappa shape index (κ1) is 8.45. The van der Waals surface area contributed by atoms with Crippen molar-refractivity contribution in [3.05, 3.63) is 27.6 Å². The van der Waals surface area contributed by atoms with Gasteiger partial charge in [-0.15, -0.1) is 0 Å². The Morgan fingerprint density at radius 2 is 2.25 bits per heavy atom. The number of carbonyl (C=O) groups is 1. The molecule has 0 saturated carbocycles. The molecule has 64 valence electrons. The minimum atomic E-state index is -0.553. The highest BCUT2D eigenvalue weighted by Crippen LogP contribution is 2.22. The number of nitrogens with zero attached hydrogens (tertiary/aromatic N) is 1. The van der Waals surface area contributed by atoms with Crippen molar-refractivity contribution in [1.82, 2.24) is 4.98 Å². The lowest BCUT2D eigenvalue weighted by molar-refractivity contribution is -0.385. The number of aromatic amines is 1. The van der Waals surface area contributed by atoms with Gasteiger partial charge in [-0.1, -0.05) is 0 Å². The Morgan fingerprint density at radius 1 is 1.67 bits per heavy atom. The molecular weight excluding hydrogens is 160 g/mol. The minimum Gasteiger partial charge on any atom is -0.353 e. The summed E-state index contributed by atoms with van der Waals surface area (Å²) in [6.45, 7) is 2.87. The zero-order valence-corrected chi connectivity index (χ0v) is 6.75. The molecule has 1 aromatic rings. The van der Waals surface area contributed by atoms with E-state index >= 15 is 0 Å². The number of aryl methyl sites for hydroxylation is 1. The predicted molar refractivity (Wildman–Crippen MR) is 42.2 cm³/mol. The third-order valence-electron chi connectivity index (χ3n) is 1.58. The first-order chi connectivity index (χ1) is 5.54. The van der Waals surface area contributed by atoms with Crippen molar-refractivity contribution in [3.8, 4) is 0 Å². The van der Waals surface area contributed by atoms with Gasteiger partial charge in [-0.05, 0) is 6.92 Å². The Labute approximate surface area is 68.5 Å². The van der Waals surface area contributed by atoms with Crippen LogP contribution in [0.5, 0.6) is 0 Å². The van der Waals surface area contributed by atoms with Gasteiger partial charge in [0.05, 0.1) is 4.92 Å². The topological polar surface area (TPSA) is 76.0 Å². The highest BCUT2D eigenvalue weighted by Gasteiger charge is 2.21. The molecule has 5 nitrogen and oxygen atoms in total. The number of nitro groups is 1. The Kier molecular flexibility index (Phi) is 1.95. The number of nitrogens with one attached hydrogen (secondary N) is 1. The third kappa shape index (κ3) is 1.20. The molecule has 0 spiro atoms. The van der Waals surface area contributed by atoms with Gasteiger partial charge in [0.15, 0.2) is 11.5 Å². The van der Waals surface area contributed by atoms with Gasteiger partial charge in [0, 0.05) is 18.7 Å². The Balaban J connectivity index is 3.31. The van der Waals surface area contributed by atoms with Gasteiger partial charge in [-0.25, -0.2) is 0 Å². The van der Waals surface area contributed by atoms with Gasteiger partial charge in [0.1, 0.15) is 0 Å². The lowest BCUT2D eigenvalue weighted by atomic mass is 10.2. The van der Waals surface area contributed by atoms with Gasteiger partial charge in [-0.2, -0.15) is 0 Å². The van der Waals surface area contributed by atoms with Crippen molar-refractivity contribution in [2.75, 3.05) is 0 Å². The first-order valence-electron chi connectivity index (χ1n) is 3.37. The molecule has 1 N–H and O–H groups in total. The zero-order valence-electron chi connectivity index (χ0n) is 6.75. The summed E-state index contributed by atoms with van der Waals surface area (Å²) < 4.78 is 0. The van der Waals surface area contributed by atoms with Crippen LogP contribution in [0.1, 0.15) is 23.0 Å². The Hall–Kier alpha value is -1.65. The van der Waals surface area contributed by atoms with E-state index in [0.29, 0.717) is 5.56 Å². The smallest absolute Gasteiger partial charge is 0.300 e. The highest BCUT2D eigenvalue weighted by molar-refractivity contribution is 5.96. The van der Waals surface area contributed by atoms with Crippen molar-refractivity contribution in [1.29, 1.82) is 0 Å². The Bertz CT molecular complexity index is 340. The molecule has 1 rings (SSSR count). The van der Waals surface area contributed by atoms with E-state index in [9.17, 15) is 14.9 Å². The normalized spacial score (nSPS) is 9.83. The summed E-state index contributed by atoms with van der Waals surface area (Å²) in [5.74, 6) is -0.324. The number of aromatic nitrogens is 1. The van der Waals surface area contributed by atoms with E-state index in [4.69, 9.17) is 0 Å². The molecule has 0 radical (unpaired) electrons. The van der Waals surface area contributed by atoms with Gasteiger partial charge < -0.3 is 4.98 Å². The van der Waals surface area contributed by atoms with Crippen LogP contribution in [0.15, 0.2) is 6.20 Å². The summed E-state index contributed by atoms with van der Waals surface area (Å²) in [5, 5.41) is 10.4. The lowest BCUT2D eigenvalue weighted by Gasteiger charge is -1.91. The van der Waals surface area contributed by atoms with E-state index in [2.05, 4.69) is 4.98 Å². The van der Waals surface area contributed by atoms with Crippen molar-refractivity contribution in [3.63, 3.8) is 0 Å². The molecule has 0 fully saturated rings. The number of hydrogen-bond donors (Lipinski definition) is 1. The largest absolute Gasteiger partial charge is 0.353 e. The maximum atomic E-state index is 10.8. The van der Waals surface area contributed by atoms with Gasteiger partial charge in [0.25, 0.3) is 0 Å². The summed E-state index contributed by atoms with van der Waals surface area (Å²) in [4.78, 5) is 23.3. The van der Waals surface area contributed by atoms with E-state index in [0.717, 1.165) is 0 Å². The number of carbonyl (C=O) groups excluding carboxylic acids is 1. The Morgan fingerprint density at radius 3 is 2.58 bits per heavy atom. The van der Waals surface area contributed by atoms with Crippen LogP contribution in [0.2, 0.25) is 0 Å². The average Bonchev–Trinajstić information content (AvgIpc) is 2.30. The molecule has 5 heteroatoms. The van der Waals surface area contributed by atoms with Crippen LogP contribution in [0.4, 0.5) is 5.69 Å². The van der Waals surface area contributed by atoms with Crippen LogP contribution in [-0.4, -0.2) is 15.7 Å². The predicted octanol–water partition coefficient (Wildman–Crippen LogP) is 1.43. The number of rotatable bonds is 2. The van der Waals surface area contributed by atoms with E-state index in [1.165, 1.54) is 13.1 Å². The fourth-order valence-electron chi connectivity index (χ4n) is 1.02. The highest BCUT2D eigenvalue weighted by atomic mass is 16.6. The molecule has 0 bridgehead atoms. The average molecular weight is 168 g/mol. The number of hydrogen-bond acceptors (Lipinski definition) is 3. The van der Waals surface area contributed by atoms with Crippen molar-refractivity contribution < 1.29 is 9.72 Å². The first-order valence-corrected chi connectivity index (χ1v) is 3.37. The summed E-state index contributed by atoms with van der Waals surface area (Å²) in [6, 6.07) is 0. The molecule has 0 atom stereocenters. The summed E-state index contributed by atoms with van der Waals surface area (Å²) >= 11 is 0. The molecule has 0 aromatic carbocycles. The van der Waals surface area contributed by atoms with Crippen LogP contribution in [0, 0.1) is 17.0 Å². The summed E-state index contributed by atoms with van der Waals surface area (Å²) in [7, 11) is 0. The molecule has 0 aliphatic rings. The molecule has 1 heterocycles. The van der Waals surface area contributed by atoms with Crippen molar-refractivity contribution in [2.45, 2.75) is 13.8 Å². The van der Waals surface area contributed by atoms with Crippen LogP contribution in [0.25, 0.3) is 0 Å². The van der Waals surface area contributed by atoms with E-state index < -0.39 is 4.92 Å². The molecule has 0 amide bonds. The molecule has 0 unspecified atom stereocenters. The second-order valence-electron chi connectivity index (χ2n) is 2.51. The molecule has 1 aromatic heterocycles. The van der Waals surface area contributed by atoms with Crippen molar-refractivity contribution in [2.24, 2.45) is 0 Å². The molecule has 12 heavy (non-hydrogen) atoms.